The molecule has 1 unspecified atom stereocenters. The van der Waals surface area contributed by atoms with Gasteiger partial charge in [0.2, 0.25) is 0 Å². The number of piperidine rings is 1. The molecular weight excluding hydrogens is 288 g/mol. The maximum Gasteiger partial charge on any atom is 0.270 e. The zero-order chi connectivity index (χ0) is 16.1. The third-order valence-electron chi connectivity index (χ3n) is 4.16. The van der Waals surface area contributed by atoms with E-state index in [4.69, 9.17) is 0 Å². The van der Waals surface area contributed by atoms with Gasteiger partial charge in [0.05, 0.1) is 0 Å². The number of benzene rings is 1. The van der Waals surface area contributed by atoms with E-state index in [-0.39, 0.29) is 5.91 Å². The van der Waals surface area contributed by atoms with Crippen LogP contribution in [0.25, 0.3) is 0 Å². The molecule has 1 N–H and O–H groups in total. The first-order valence-corrected chi connectivity index (χ1v) is 8.11. The highest BCUT2D eigenvalue weighted by Crippen LogP contribution is 2.21. The predicted molar refractivity (Wildman–Crippen MR) is 90.3 cm³/mol. The number of carbonyl (C=O) groups is 1. The van der Waals surface area contributed by atoms with Crippen molar-refractivity contribution in [3.05, 3.63) is 54.0 Å². The summed E-state index contributed by atoms with van der Waals surface area (Å²) in [6, 6.07) is 11.6. The Morgan fingerprint density at radius 2 is 2.13 bits per heavy atom. The van der Waals surface area contributed by atoms with Gasteiger partial charge in [-0.15, -0.1) is 0 Å². The molecule has 2 aromatic rings. The fourth-order valence-corrected chi connectivity index (χ4v) is 2.91. The smallest absolute Gasteiger partial charge is 0.270 e. The minimum atomic E-state index is -0.164. The summed E-state index contributed by atoms with van der Waals surface area (Å²) in [7, 11) is 0. The van der Waals surface area contributed by atoms with Crippen LogP contribution in [0, 0.1) is 5.92 Å². The molecule has 5 heteroatoms. The average Bonchev–Trinajstić information content (AvgIpc) is 2.61. The van der Waals surface area contributed by atoms with Crippen LogP contribution in [-0.4, -0.2) is 29.0 Å². The van der Waals surface area contributed by atoms with Crippen LogP contribution in [0.5, 0.6) is 0 Å². The number of amides is 1. The average molecular weight is 310 g/mol. The molecule has 1 aromatic carbocycles. The molecule has 120 valence electrons. The number of hydrogen-bond acceptors (Lipinski definition) is 4. The lowest BCUT2D eigenvalue weighted by Crippen LogP contribution is -2.35. The van der Waals surface area contributed by atoms with Gasteiger partial charge in [0, 0.05) is 25.7 Å². The van der Waals surface area contributed by atoms with Gasteiger partial charge in [-0.1, -0.05) is 37.3 Å². The number of rotatable bonds is 4. The van der Waals surface area contributed by atoms with Gasteiger partial charge in [0.15, 0.2) is 0 Å². The van der Waals surface area contributed by atoms with Crippen molar-refractivity contribution in [2.45, 2.75) is 26.3 Å². The van der Waals surface area contributed by atoms with Gasteiger partial charge in [0.25, 0.3) is 5.91 Å². The highest BCUT2D eigenvalue weighted by Gasteiger charge is 2.19. The highest BCUT2D eigenvalue weighted by atomic mass is 16.1. The molecule has 1 atom stereocenters. The van der Waals surface area contributed by atoms with Gasteiger partial charge < -0.3 is 10.2 Å². The first-order chi connectivity index (χ1) is 11.2. The zero-order valence-electron chi connectivity index (χ0n) is 13.4. The molecule has 0 saturated carbocycles. The molecule has 5 nitrogen and oxygen atoms in total. The van der Waals surface area contributed by atoms with Gasteiger partial charge >= 0.3 is 0 Å². The highest BCUT2D eigenvalue weighted by molar-refractivity contribution is 5.92. The Kier molecular flexibility index (Phi) is 4.86. The Morgan fingerprint density at radius 1 is 1.30 bits per heavy atom. The topological polar surface area (TPSA) is 58.1 Å². The minimum Gasteiger partial charge on any atom is -0.356 e. The molecule has 1 aliphatic heterocycles. The van der Waals surface area contributed by atoms with Gasteiger partial charge in [-0.3, -0.25) is 4.79 Å². The summed E-state index contributed by atoms with van der Waals surface area (Å²) in [6.07, 6.45) is 3.90. The Bertz CT molecular complexity index is 659. The third-order valence-corrected chi connectivity index (χ3v) is 4.16. The van der Waals surface area contributed by atoms with E-state index >= 15 is 0 Å². The summed E-state index contributed by atoms with van der Waals surface area (Å²) >= 11 is 0. The van der Waals surface area contributed by atoms with E-state index in [0.717, 1.165) is 24.5 Å². The molecular formula is C18H22N4O. The standard InChI is InChI=1S/C18H22N4O/c1-14-6-5-9-22(12-14)17-10-16(20-13-21-17)18(23)19-11-15-7-3-2-4-8-15/h2-4,7-8,10,13-14H,5-6,9,11-12H2,1H3,(H,19,23). The molecule has 1 aromatic heterocycles. The maximum absolute atomic E-state index is 12.3. The number of anilines is 1. The SMILES string of the molecule is CC1CCCN(c2cc(C(=O)NCc3ccccc3)ncn2)C1. The Labute approximate surface area is 136 Å². The number of aromatic nitrogens is 2. The lowest BCUT2D eigenvalue weighted by atomic mass is 10.0. The number of carbonyl (C=O) groups excluding carboxylic acids is 1. The second kappa shape index (κ2) is 7.22. The maximum atomic E-state index is 12.3. The van der Waals surface area contributed by atoms with Gasteiger partial charge in [-0.25, -0.2) is 9.97 Å². The van der Waals surface area contributed by atoms with E-state index in [1.807, 2.05) is 30.3 Å². The molecule has 1 amide bonds. The summed E-state index contributed by atoms with van der Waals surface area (Å²) in [6.45, 7) is 4.73. The van der Waals surface area contributed by atoms with Gasteiger partial charge in [-0.05, 0) is 24.3 Å². The lowest BCUT2D eigenvalue weighted by molar-refractivity contribution is 0.0945. The largest absolute Gasteiger partial charge is 0.356 e. The molecule has 3 rings (SSSR count). The van der Waals surface area contributed by atoms with Gasteiger partial charge in [-0.2, -0.15) is 0 Å². The minimum absolute atomic E-state index is 0.164. The van der Waals surface area contributed by atoms with Crippen LogP contribution in [0.2, 0.25) is 0 Å². The Hall–Kier alpha value is -2.43. The molecule has 0 radical (unpaired) electrons. The zero-order valence-corrected chi connectivity index (χ0v) is 13.4. The van der Waals surface area contributed by atoms with Crippen molar-refractivity contribution in [2.75, 3.05) is 18.0 Å². The van der Waals surface area contributed by atoms with Crippen LogP contribution in [0.1, 0.15) is 35.8 Å². The van der Waals surface area contributed by atoms with Crippen LogP contribution in [-0.2, 0) is 6.54 Å². The van der Waals surface area contributed by atoms with E-state index in [1.165, 1.54) is 19.2 Å². The molecule has 1 fully saturated rings. The van der Waals surface area contributed by atoms with E-state index in [2.05, 4.69) is 27.1 Å². The summed E-state index contributed by atoms with van der Waals surface area (Å²) < 4.78 is 0. The second-order valence-electron chi connectivity index (χ2n) is 6.12. The van der Waals surface area contributed by atoms with Crippen molar-refractivity contribution in [1.82, 2.24) is 15.3 Å². The van der Waals surface area contributed by atoms with Crippen molar-refractivity contribution in [1.29, 1.82) is 0 Å². The summed E-state index contributed by atoms with van der Waals surface area (Å²) in [5, 5.41) is 2.91. The van der Waals surface area contributed by atoms with Crippen LogP contribution in [0.3, 0.4) is 0 Å². The van der Waals surface area contributed by atoms with E-state index in [9.17, 15) is 4.79 Å². The van der Waals surface area contributed by atoms with Gasteiger partial charge in [0.1, 0.15) is 17.8 Å². The molecule has 1 aliphatic rings. The molecule has 0 bridgehead atoms. The van der Waals surface area contributed by atoms with Crippen molar-refractivity contribution >= 4 is 11.7 Å². The summed E-state index contributed by atoms with van der Waals surface area (Å²) in [5.74, 6) is 1.34. The van der Waals surface area contributed by atoms with Crippen LogP contribution < -0.4 is 10.2 Å². The second-order valence-corrected chi connectivity index (χ2v) is 6.12. The van der Waals surface area contributed by atoms with E-state index < -0.39 is 0 Å². The molecule has 1 saturated heterocycles. The molecule has 23 heavy (non-hydrogen) atoms. The summed E-state index contributed by atoms with van der Waals surface area (Å²) in [5.41, 5.74) is 1.49. The third kappa shape index (κ3) is 4.06. The number of nitrogens with zero attached hydrogens (tertiary/aromatic N) is 3. The van der Waals surface area contributed by atoms with Crippen molar-refractivity contribution in [2.24, 2.45) is 5.92 Å². The first-order valence-electron chi connectivity index (χ1n) is 8.11. The lowest BCUT2D eigenvalue weighted by Gasteiger charge is -2.31. The van der Waals surface area contributed by atoms with Crippen LogP contribution in [0.4, 0.5) is 5.82 Å². The molecule has 0 spiro atoms. The number of hydrogen-bond donors (Lipinski definition) is 1. The predicted octanol–water partition coefficient (Wildman–Crippen LogP) is 2.64. The number of nitrogens with one attached hydrogen (secondary N) is 1. The quantitative estimate of drug-likeness (QED) is 0.943. The normalized spacial score (nSPS) is 17.8. The fourth-order valence-electron chi connectivity index (χ4n) is 2.91. The van der Waals surface area contributed by atoms with Crippen LogP contribution >= 0.6 is 0 Å². The van der Waals surface area contributed by atoms with Crippen molar-refractivity contribution in [3.63, 3.8) is 0 Å². The van der Waals surface area contributed by atoms with Crippen molar-refractivity contribution in [3.8, 4) is 0 Å². The Morgan fingerprint density at radius 3 is 2.91 bits per heavy atom. The van der Waals surface area contributed by atoms with E-state index in [1.54, 1.807) is 6.07 Å². The van der Waals surface area contributed by atoms with E-state index in [0.29, 0.717) is 18.2 Å². The first kappa shape index (κ1) is 15.5. The Balaban J connectivity index is 1.65. The molecule has 2 heterocycles. The molecule has 0 aliphatic carbocycles. The monoisotopic (exact) mass is 310 g/mol. The van der Waals surface area contributed by atoms with Crippen molar-refractivity contribution < 1.29 is 4.79 Å². The van der Waals surface area contributed by atoms with Crippen LogP contribution in [0.15, 0.2) is 42.7 Å². The summed E-state index contributed by atoms with van der Waals surface area (Å²) in [4.78, 5) is 23.0. The fraction of sp³-hybridized carbons (Fsp3) is 0.389.